The minimum Gasteiger partial charge on any atom is -0.460 e. The van der Waals surface area contributed by atoms with E-state index in [-0.39, 0.29) is 6.61 Å². The normalized spacial score (nSPS) is 16.6. The number of rotatable bonds is 4. The second-order valence-corrected chi connectivity index (χ2v) is 6.26. The van der Waals surface area contributed by atoms with Gasteiger partial charge in [0.05, 0.1) is 17.8 Å². The predicted molar refractivity (Wildman–Crippen MR) is 106 cm³/mol. The molecular weight excluding hydrogens is 331 g/mol. The van der Waals surface area contributed by atoms with Crippen LogP contribution in [0.1, 0.15) is 72.7 Å². The SMILES string of the molecule is CC.CC.CCOC(=O)C(=O)c1ccc(B2OC(C)(C)C(C)(C)O2)cc1. The largest absolute Gasteiger partial charge is 0.494 e. The molecule has 0 radical (unpaired) electrons. The van der Waals surface area contributed by atoms with E-state index in [4.69, 9.17) is 14.0 Å². The summed E-state index contributed by atoms with van der Waals surface area (Å²) in [5.41, 5.74) is 0.256. The van der Waals surface area contributed by atoms with Crippen LogP contribution in [0.5, 0.6) is 0 Å². The fraction of sp³-hybridized carbons (Fsp3) is 0.600. The molecule has 1 aliphatic rings. The molecule has 0 aliphatic carbocycles. The van der Waals surface area contributed by atoms with E-state index in [1.807, 2.05) is 55.4 Å². The molecule has 0 atom stereocenters. The summed E-state index contributed by atoms with van der Waals surface area (Å²) in [6.07, 6.45) is 0. The zero-order valence-electron chi connectivity index (χ0n) is 17.6. The van der Waals surface area contributed by atoms with Crippen molar-refractivity contribution in [3.8, 4) is 0 Å². The summed E-state index contributed by atoms with van der Waals surface area (Å²) in [4.78, 5) is 23.3. The molecule has 5 nitrogen and oxygen atoms in total. The molecule has 146 valence electrons. The van der Waals surface area contributed by atoms with E-state index in [9.17, 15) is 9.59 Å². The van der Waals surface area contributed by atoms with Gasteiger partial charge in [0.25, 0.3) is 5.78 Å². The third-order valence-electron chi connectivity index (χ3n) is 4.16. The van der Waals surface area contributed by atoms with Crippen molar-refractivity contribution in [2.75, 3.05) is 6.61 Å². The number of ether oxygens (including phenoxy) is 1. The van der Waals surface area contributed by atoms with Crippen molar-refractivity contribution in [3.05, 3.63) is 29.8 Å². The van der Waals surface area contributed by atoms with E-state index in [1.165, 1.54) is 0 Å². The Hall–Kier alpha value is -1.66. The predicted octanol–water partition coefficient (Wildman–Crippen LogP) is 3.78. The Morgan fingerprint density at radius 3 is 1.73 bits per heavy atom. The summed E-state index contributed by atoms with van der Waals surface area (Å²) >= 11 is 0. The highest BCUT2D eigenvalue weighted by molar-refractivity contribution is 6.62. The monoisotopic (exact) mass is 364 g/mol. The van der Waals surface area contributed by atoms with E-state index in [0.29, 0.717) is 5.56 Å². The number of benzene rings is 1. The maximum Gasteiger partial charge on any atom is 0.494 e. The van der Waals surface area contributed by atoms with Gasteiger partial charge in [0, 0.05) is 5.56 Å². The van der Waals surface area contributed by atoms with Gasteiger partial charge in [0.1, 0.15) is 0 Å². The summed E-state index contributed by atoms with van der Waals surface area (Å²) in [7, 11) is -0.489. The fourth-order valence-corrected chi connectivity index (χ4v) is 2.09. The third-order valence-corrected chi connectivity index (χ3v) is 4.16. The molecule has 0 saturated carbocycles. The summed E-state index contributed by atoms with van der Waals surface area (Å²) in [6, 6.07) is 6.63. The van der Waals surface area contributed by atoms with Crippen LogP contribution in [0.25, 0.3) is 0 Å². The zero-order chi connectivity index (χ0) is 20.5. The van der Waals surface area contributed by atoms with Crippen LogP contribution in [-0.2, 0) is 18.8 Å². The molecule has 0 spiro atoms. The zero-order valence-corrected chi connectivity index (χ0v) is 17.6. The van der Waals surface area contributed by atoms with E-state index in [0.717, 1.165) is 5.46 Å². The van der Waals surface area contributed by atoms with Crippen LogP contribution in [0, 0.1) is 0 Å². The topological polar surface area (TPSA) is 61.8 Å². The van der Waals surface area contributed by atoms with Crippen LogP contribution < -0.4 is 5.46 Å². The first kappa shape index (κ1) is 24.3. The Labute approximate surface area is 158 Å². The molecule has 0 N–H and O–H groups in total. The van der Waals surface area contributed by atoms with Crippen molar-refractivity contribution in [2.45, 2.75) is 73.5 Å². The van der Waals surface area contributed by atoms with Crippen molar-refractivity contribution < 1.29 is 23.6 Å². The van der Waals surface area contributed by atoms with Gasteiger partial charge >= 0.3 is 13.1 Å². The second kappa shape index (κ2) is 10.5. The standard InChI is InChI=1S/C16H21BO5.2C2H6/c1-6-20-14(19)13(18)11-7-9-12(10-8-11)17-21-15(2,3)16(4,5)22-17;2*1-2/h7-10H,6H2,1-5H3;2*1-2H3. The maximum atomic E-state index is 11.8. The van der Waals surface area contributed by atoms with Gasteiger partial charge in [-0.1, -0.05) is 52.0 Å². The summed E-state index contributed by atoms with van der Waals surface area (Å²) < 4.78 is 16.6. The number of Topliss-reactive ketones (excluding diaryl/α,β-unsaturated/α-hetero) is 1. The van der Waals surface area contributed by atoms with E-state index in [1.54, 1.807) is 31.2 Å². The van der Waals surface area contributed by atoms with Crippen LogP contribution in [0.15, 0.2) is 24.3 Å². The average molecular weight is 364 g/mol. The number of carbonyl (C=O) groups excluding carboxylic acids is 2. The Balaban J connectivity index is 0.00000146. The Morgan fingerprint density at radius 1 is 0.923 bits per heavy atom. The van der Waals surface area contributed by atoms with E-state index in [2.05, 4.69) is 0 Å². The molecule has 0 unspecified atom stereocenters. The van der Waals surface area contributed by atoms with E-state index < -0.39 is 30.1 Å². The lowest BCUT2D eigenvalue weighted by atomic mass is 9.78. The first-order valence-corrected chi connectivity index (χ1v) is 9.35. The van der Waals surface area contributed by atoms with Gasteiger partial charge in [-0.2, -0.15) is 0 Å². The highest BCUT2D eigenvalue weighted by atomic mass is 16.7. The number of hydrogen-bond donors (Lipinski definition) is 0. The minimum absolute atomic E-state index is 0.177. The molecule has 0 aromatic heterocycles. The van der Waals surface area contributed by atoms with Gasteiger partial charge in [-0.05, 0) is 40.1 Å². The molecule has 6 heteroatoms. The van der Waals surface area contributed by atoms with Crippen LogP contribution in [0.2, 0.25) is 0 Å². The van der Waals surface area contributed by atoms with Crippen molar-refractivity contribution in [1.82, 2.24) is 0 Å². The molecule has 2 rings (SSSR count). The van der Waals surface area contributed by atoms with Crippen LogP contribution in [0.3, 0.4) is 0 Å². The molecule has 1 saturated heterocycles. The van der Waals surface area contributed by atoms with Gasteiger partial charge in [-0.3, -0.25) is 4.79 Å². The molecule has 0 amide bonds. The first-order chi connectivity index (χ1) is 12.2. The lowest BCUT2D eigenvalue weighted by molar-refractivity contribution is -0.137. The molecule has 1 fully saturated rings. The molecule has 26 heavy (non-hydrogen) atoms. The maximum absolute atomic E-state index is 11.8. The fourth-order valence-electron chi connectivity index (χ4n) is 2.09. The van der Waals surface area contributed by atoms with Crippen molar-refractivity contribution in [3.63, 3.8) is 0 Å². The average Bonchev–Trinajstić information content (AvgIpc) is 2.86. The Morgan fingerprint density at radius 2 is 1.35 bits per heavy atom. The summed E-state index contributed by atoms with van der Waals surface area (Å²) in [5, 5.41) is 0. The second-order valence-electron chi connectivity index (χ2n) is 6.26. The third kappa shape index (κ3) is 5.68. The lowest BCUT2D eigenvalue weighted by Crippen LogP contribution is -2.41. The Bertz CT molecular complexity index is 562. The molecular formula is C20H33BO5. The lowest BCUT2D eigenvalue weighted by Gasteiger charge is -2.32. The number of esters is 1. The quantitative estimate of drug-likeness (QED) is 0.352. The number of carbonyl (C=O) groups is 2. The summed E-state index contributed by atoms with van der Waals surface area (Å²) in [6.45, 7) is 17.7. The number of hydrogen-bond acceptors (Lipinski definition) is 5. The molecule has 1 heterocycles. The van der Waals surface area contributed by atoms with Gasteiger partial charge in [0.15, 0.2) is 0 Å². The van der Waals surface area contributed by atoms with Crippen molar-refractivity contribution >= 4 is 24.3 Å². The van der Waals surface area contributed by atoms with E-state index >= 15 is 0 Å². The molecule has 0 bridgehead atoms. The summed E-state index contributed by atoms with van der Waals surface area (Å²) in [5.74, 6) is -1.49. The van der Waals surface area contributed by atoms with Crippen molar-refractivity contribution in [2.24, 2.45) is 0 Å². The number of ketones is 1. The van der Waals surface area contributed by atoms with Crippen LogP contribution in [0.4, 0.5) is 0 Å². The minimum atomic E-state index is -0.842. The smallest absolute Gasteiger partial charge is 0.460 e. The van der Waals surface area contributed by atoms with Gasteiger partial charge in [-0.15, -0.1) is 0 Å². The Kier molecular flexibility index (Phi) is 9.82. The molecule has 1 aromatic rings. The van der Waals surface area contributed by atoms with Crippen molar-refractivity contribution in [1.29, 1.82) is 0 Å². The van der Waals surface area contributed by atoms with Gasteiger partial charge in [0.2, 0.25) is 0 Å². The highest BCUT2D eigenvalue weighted by Crippen LogP contribution is 2.36. The first-order valence-electron chi connectivity index (χ1n) is 9.35. The van der Waals surface area contributed by atoms with Gasteiger partial charge in [-0.25, -0.2) is 4.79 Å². The van der Waals surface area contributed by atoms with Crippen LogP contribution in [-0.4, -0.2) is 36.7 Å². The molecule has 1 aromatic carbocycles. The highest BCUT2D eigenvalue weighted by Gasteiger charge is 2.51. The van der Waals surface area contributed by atoms with Gasteiger partial charge < -0.3 is 14.0 Å². The van der Waals surface area contributed by atoms with Crippen LogP contribution >= 0.6 is 0 Å². The molecule has 1 aliphatic heterocycles.